The molecule has 0 fully saturated rings. The molecule has 0 aromatic carbocycles. The summed E-state index contributed by atoms with van der Waals surface area (Å²) in [7, 11) is 0. The van der Waals surface area contributed by atoms with Gasteiger partial charge in [-0.1, -0.05) is 6.07 Å². The van der Waals surface area contributed by atoms with Gasteiger partial charge in [0, 0.05) is 11.1 Å². The minimum Gasteiger partial charge on any atom is -0.477 e. The van der Waals surface area contributed by atoms with E-state index in [2.05, 4.69) is 4.98 Å². The molecule has 17 heavy (non-hydrogen) atoms. The van der Waals surface area contributed by atoms with Crippen LogP contribution in [0.3, 0.4) is 0 Å². The van der Waals surface area contributed by atoms with Crippen LogP contribution in [0.2, 0.25) is 0 Å². The van der Waals surface area contributed by atoms with Crippen molar-refractivity contribution in [2.75, 3.05) is 0 Å². The van der Waals surface area contributed by atoms with Crippen LogP contribution in [0.25, 0.3) is 0 Å². The monoisotopic (exact) mass is 249 g/mol. The third-order valence-electron chi connectivity index (χ3n) is 2.14. The number of thiophene rings is 1. The molecule has 88 valence electrons. The number of pyridine rings is 1. The zero-order chi connectivity index (χ0) is 12.1. The molecule has 0 aliphatic rings. The first-order valence-corrected chi connectivity index (χ1v) is 5.92. The van der Waals surface area contributed by atoms with E-state index in [1.54, 1.807) is 17.4 Å². The molecular weight excluding hydrogens is 238 g/mol. The summed E-state index contributed by atoms with van der Waals surface area (Å²) in [5.74, 6) is -1.02. The quantitative estimate of drug-likeness (QED) is 0.884. The highest BCUT2D eigenvalue weighted by atomic mass is 32.1. The second-order valence-electron chi connectivity index (χ2n) is 3.43. The summed E-state index contributed by atoms with van der Waals surface area (Å²) in [6, 6.07) is 7.25. The molecule has 0 unspecified atom stereocenters. The first-order valence-electron chi connectivity index (χ1n) is 5.04. The van der Waals surface area contributed by atoms with Gasteiger partial charge >= 0.3 is 5.97 Å². The molecule has 2 rings (SSSR count). The molecule has 4 nitrogen and oxygen atoms in total. The van der Waals surface area contributed by atoms with E-state index in [4.69, 9.17) is 9.84 Å². The molecule has 0 saturated heterocycles. The van der Waals surface area contributed by atoms with Crippen molar-refractivity contribution in [2.45, 2.75) is 13.2 Å². The summed E-state index contributed by atoms with van der Waals surface area (Å²) in [5, 5.41) is 10.8. The Kier molecular flexibility index (Phi) is 3.85. The largest absolute Gasteiger partial charge is 0.477 e. The van der Waals surface area contributed by atoms with Crippen LogP contribution < -0.4 is 0 Å². The molecule has 0 spiro atoms. The molecule has 0 atom stereocenters. The lowest BCUT2D eigenvalue weighted by molar-refractivity contribution is 0.0689. The number of aromatic carboxylic acids is 1. The minimum absolute atomic E-state index is 0.0437. The van der Waals surface area contributed by atoms with Gasteiger partial charge in [0.05, 0.1) is 13.2 Å². The number of hydrogen-bond donors (Lipinski definition) is 1. The Morgan fingerprint density at radius 2 is 2.29 bits per heavy atom. The standard InChI is InChI=1S/C12H11NO3S/c14-12(15)11-6-9(3-4-13-11)7-16-8-10-2-1-5-17-10/h1-6H,7-8H2,(H,14,15). The van der Waals surface area contributed by atoms with Gasteiger partial charge in [-0.05, 0) is 29.1 Å². The molecule has 1 N–H and O–H groups in total. The number of carbonyl (C=O) groups is 1. The Balaban J connectivity index is 1.90. The molecule has 0 radical (unpaired) electrons. The van der Waals surface area contributed by atoms with E-state index in [9.17, 15) is 4.79 Å². The van der Waals surface area contributed by atoms with Gasteiger partial charge in [0.25, 0.3) is 0 Å². The van der Waals surface area contributed by atoms with Gasteiger partial charge in [0.1, 0.15) is 5.69 Å². The SMILES string of the molecule is O=C(O)c1cc(COCc2cccs2)ccn1. The smallest absolute Gasteiger partial charge is 0.354 e. The summed E-state index contributed by atoms with van der Waals surface area (Å²) >= 11 is 1.63. The number of carboxylic acid groups (broad SMARTS) is 1. The van der Waals surface area contributed by atoms with Crippen LogP contribution in [0.15, 0.2) is 35.8 Å². The van der Waals surface area contributed by atoms with Gasteiger partial charge in [-0.15, -0.1) is 11.3 Å². The van der Waals surface area contributed by atoms with Crippen molar-refractivity contribution in [3.05, 3.63) is 52.0 Å². The van der Waals surface area contributed by atoms with Crippen molar-refractivity contribution in [1.82, 2.24) is 4.98 Å². The van der Waals surface area contributed by atoms with Crippen molar-refractivity contribution >= 4 is 17.3 Å². The summed E-state index contributed by atoms with van der Waals surface area (Å²) in [5.41, 5.74) is 0.858. The molecule has 0 aliphatic heterocycles. The Hall–Kier alpha value is -1.72. The highest BCUT2D eigenvalue weighted by Gasteiger charge is 2.04. The lowest BCUT2D eigenvalue weighted by atomic mass is 10.2. The third kappa shape index (κ3) is 3.37. The molecule has 5 heteroatoms. The van der Waals surface area contributed by atoms with Gasteiger partial charge in [0.15, 0.2) is 0 Å². The number of aromatic nitrogens is 1. The van der Waals surface area contributed by atoms with Crippen LogP contribution in [0, 0.1) is 0 Å². The van der Waals surface area contributed by atoms with E-state index < -0.39 is 5.97 Å². The van der Waals surface area contributed by atoms with Crippen molar-refractivity contribution in [1.29, 1.82) is 0 Å². The Labute approximate surface area is 103 Å². The first kappa shape index (κ1) is 11.8. The summed E-state index contributed by atoms with van der Waals surface area (Å²) in [4.78, 5) is 15.6. The number of carboxylic acids is 1. The molecule has 0 aliphatic carbocycles. The highest BCUT2D eigenvalue weighted by Crippen LogP contribution is 2.11. The van der Waals surface area contributed by atoms with E-state index in [0.29, 0.717) is 13.2 Å². The predicted octanol–water partition coefficient (Wildman–Crippen LogP) is 2.56. The fourth-order valence-corrected chi connectivity index (χ4v) is 1.99. The van der Waals surface area contributed by atoms with Crippen LogP contribution in [0.5, 0.6) is 0 Å². The van der Waals surface area contributed by atoms with Crippen molar-refractivity contribution < 1.29 is 14.6 Å². The van der Waals surface area contributed by atoms with Crippen LogP contribution >= 0.6 is 11.3 Å². The van der Waals surface area contributed by atoms with Gasteiger partial charge in [0.2, 0.25) is 0 Å². The minimum atomic E-state index is -1.02. The Morgan fingerprint density at radius 3 is 3.00 bits per heavy atom. The van der Waals surface area contributed by atoms with Crippen molar-refractivity contribution in [3.8, 4) is 0 Å². The molecule has 0 bridgehead atoms. The molecule has 2 aromatic heterocycles. The van der Waals surface area contributed by atoms with Gasteiger partial charge in [-0.25, -0.2) is 9.78 Å². The lowest BCUT2D eigenvalue weighted by Gasteiger charge is -2.03. The summed E-state index contributed by atoms with van der Waals surface area (Å²) in [6.07, 6.45) is 1.48. The van der Waals surface area contributed by atoms with E-state index >= 15 is 0 Å². The average molecular weight is 249 g/mol. The maximum Gasteiger partial charge on any atom is 0.354 e. The number of rotatable bonds is 5. The van der Waals surface area contributed by atoms with Crippen LogP contribution in [-0.2, 0) is 18.0 Å². The lowest BCUT2D eigenvalue weighted by Crippen LogP contribution is -2.01. The van der Waals surface area contributed by atoms with Crippen molar-refractivity contribution in [2.24, 2.45) is 0 Å². The van der Waals surface area contributed by atoms with E-state index in [1.165, 1.54) is 12.3 Å². The van der Waals surface area contributed by atoms with Crippen LogP contribution in [0.4, 0.5) is 0 Å². The maximum atomic E-state index is 10.7. The van der Waals surface area contributed by atoms with Crippen LogP contribution in [-0.4, -0.2) is 16.1 Å². The second kappa shape index (κ2) is 5.56. The van der Waals surface area contributed by atoms with E-state index in [1.807, 2.05) is 17.5 Å². The number of ether oxygens (including phenoxy) is 1. The first-order chi connectivity index (χ1) is 8.25. The van der Waals surface area contributed by atoms with Crippen LogP contribution in [0.1, 0.15) is 20.9 Å². The van der Waals surface area contributed by atoms with E-state index in [-0.39, 0.29) is 5.69 Å². The zero-order valence-corrected chi connectivity index (χ0v) is 9.81. The number of hydrogen-bond acceptors (Lipinski definition) is 4. The molecule has 0 saturated carbocycles. The van der Waals surface area contributed by atoms with Gasteiger partial charge in [-0.3, -0.25) is 0 Å². The fourth-order valence-electron chi connectivity index (χ4n) is 1.35. The second-order valence-corrected chi connectivity index (χ2v) is 4.46. The Morgan fingerprint density at radius 1 is 1.41 bits per heavy atom. The van der Waals surface area contributed by atoms with Gasteiger partial charge in [-0.2, -0.15) is 0 Å². The summed E-state index contributed by atoms with van der Waals surface area (Å²) in [6.45, 7) is 0.934. The predicted molar refractivity (Wildman–Crippen MR) is 64.0 cm³/mol. The zero-order valence-electron chi connectivity index (χ0n) is 9.00. The molecule has 0 amide bonds. The average Bonchev–Trinajstić information content (AvgIpc) is 2.82. The molecule has 2 heterocycles. The molecule has 2 aromatic rings. The topological polar surface area (TPSA) is 59.4 Å². The highest BCUT2D eigenvalue weighted by molar-refractivity contribution is 7.09. The normalized spacial score (nSPS) is 10.4. The molecular formula is C12H11NO3S. The fraction of sp³-hybridized carbons (Fsp3) is 0.167. The third-order valence-corrected chi connectivity index (χ3v) is 2.99. The maximum absolute atomic E-state index is 10.7. The Bertz CT molecular complexity index is 496. The van der Waals surface area contributed by atoms with E-state index in [0.717, 1.165) is 10.4 Å². The van der Waals surface area contributed by atoms with Crippen molar-refractivity contribution in [3.63, 3.8) is 0 Å². The van der Waals surface area contributed by atoms with Gasteiger partial charge < -0.3 is 9.84 Å². The summed E-state index contributed by atoms with van der Waals surface area (Å²) < 4.78 is 5.49. The number of nitrogens with zero attached hydrogens (tertiary/aromatic N) is 1.